The van der Waals surface area contributed by atoms with Crippen molar-refractivity contribution in [3.8, 4) is 0 Å². The Labute approximate surface area is 246 Å². The zero-order chi connectivity index (χ0) is 29.8. The molecule has 0 saturated heterocycles. The number of carbonyl (C=O) groups is 3. The quantitative estimate of drug-likeness (QED) is 0.109. The van der Waals surface area contributed by atoms with Crippen LogP contribution in [-0.4, -0.2) is 54.7 Å². The highest BCUT2D eigenvalue weighted by Gasteiger charge is 2.15. The van der Waals surface area contributed by atoms with Gasteiger partial charge in [-0.05, 0) is 48.4 Å². The third-order valence-electron chi connectivity index (χ3n) is 5.90. The first kappa shape index (κ1) is 31.2. The van der Waals surface area contributed by atoms with Crippen LogP contribution in [0.15, 0.2) is 72.1 Å². The number of rotatable bonds is 11. The molecular formula is C29H30N4O6S2. The van der Waals surface area contributed by atoms with Crippen LogP contribution in [0.25, 0.3) is 0 Å². The van der Waals surface area contributed by atoms with E-state index in [0.29, 0.717) is 27.5 Å². The number of aromatic amines is 1. The monoisotopic (exact) mass is 594 g/mol. The van der Waals surface area contributed by atoms with Crippen LogP contribution in [0.4, 0.5) is 0 Å². The lowest BCUT2D eigenvalue weighted by atomic mass is 10.1. The molecule has 0 aliphatic carbocycles. The van der Waals surface area contributed by atoms with Gasteiger partial charge in [-0.3, -0.25) is 0 Å². The van der Waals surface area contributed by atoms with Gasteiger partial charge in [0.15, 0.2) is 0 Å². The summed E-state index contributed by atoms with van der Waals surface area (Å²) in [4.78, 5) is 45.0. The number of hydrogen-bond acceptors (Lipinski definition) is 8. The molecule has 0 atom stereocenters. The van der Waals surface area contributed by atoms with Gasteiger partial charge in [0.05, 0.1) is 23.8 Å². The summed E-state index contributed by atoms with van der Waals surface area (Å²) in [6.07, 6.45) is 7.99. The minimum Gasteiger partial charge on any atom is -0.478 e. The maximum absolute atomic E-state index is 11.4. The Morgan fingerprint density at radius 2 is 1.76 bits per heavy atom. The van der Waals surface area contributed by atoms with Gasteiger partial charge in [-0.25, -0.2) is 24.4 Å². The molecule has 1 aromatic carbocycles. The first-order valence-corrected chi connectivity index (χ1v) is 14.1. The Kier molecular flexibility index (Phi) is 11.8. The van der Waals surface area contributed by atoms with E-state index in [1.54, 1.807) is 48.8 Å². The van der Waals surface area contributed by atoms with Crippen LogP contribution in [0, 0.1) is 4.64 Å². The number of aryl methyl sites for hydroxylation is 1. The van der Waals surface area contributed by atoms with Gasteiger partial charge in [0, 0.05) is 43.0 Å². The van der Waals surface area contributed by atoms with E-state index in [9.17, 15) is 19.5 Å². The topological polar surface area (TPSA) is 147 Å². The number of nitrogens with one attached hydrogen (secondary N) is 1. The van der Waals surface area contributed by atoms with E-state index >= 15 is 0 Å². The van der Waals surface area contributed by atoms with Crippen molar-refractivity contribution in [1.82, 2.24) is 19.5 Å². The number of imidazole rings is 1. The molecule has 0 spiro atoms. The van der Waals surface area contributed by atoms with Gasteiger partial charge in [0.2, 0.25) is 0 Å². The van der Waals surface area contributed by atoms with Crippen molar-refractivity contribution in [1.29, 1.82) is 0 Å². The van der Waals surface area contributed by atoms with E-state index < -0.39 is 17.9 Å². The van der Waals surface area contributed by atoms with Crippen molar-refractivity contribution in [3.05, 3.63) is 106 Å². The number of hydrogen-bond donors (Lipinski definition) is 3. The number of carbonyl (C=O) groups excluding carboxylic acids is 1. The predicted octanol–water partition coefficient (Wildman–Crippen LogP) is 5.89. The van der Waals surface area contributed by atoms with Crippen LogP contribution >= 0.6 is 24.0 Å². The number of aromatic carboxylic acids is 2. The first-order valence-electron chi connectivity index (χ1n) is 12.7. The summed E-state index contributed by atoms with van der Waals surface area (Å²) in [5.41, 5.74) is 2.78. The maximum atomic E-state index is 11.4. The molecule has 0 aliphatic heterocycles. The largest absolute Gasteiger partial charge is 0.478 e. The number of benzene rings is 1. The fourth-order valence-corrected chi connectivity index (χ4v) is 4.92. The normalized spacial score (nSPS) is 10.4. The number of carboxylic acids is 2. The summed E-state index contributed by atoms with van der Waals surface area (Å²) < 4.78 is 7.02. The Balaban J connectivity index is 0.000000352. The van der Waals surface area contributed by atoms with E-state index in [1.807, 2.05) is 18.3 Å². The molecule has 4 aromatic rings. The number of ether oxygens (including phenoxy) is 1. The smallest absolute Gasteiger partial charge is 0.340 e. The maximum Gasteiger partial charge on any atom is 0.340 e. The van der Waals surface area contributed by atoms with E-state index in [-0.39, 0.29) is 11.1 Å². The minimum atomic E-state index is -0.999. The Morgan fingerprint density at radius 3 is 2.39 bits per heavy atom. The van der Waals surface area contributed by atoms with Gasteiger partial charge in [0.25, 0.3) is 0 Å². The summed E-state index contributed by atoms with van der Waals surface area (Å²) in [6, 6.07) is 13.3. The molecule has 3 N–H and O–H groups in total. The zero-order valence-corrected chi connectivity index (χ0v) is 24.2. The highest BCUT2D eigenvalue weighted by Crippen LogP contribution is 2.25. The van der Waals surface area contributed by atoms with Crippen molar-refractivity contribution >= 4 is 41.9 Å². The Morgan fingerprint density at radius 1 is 1.02 bits per heavy atom. The van der Waals surface area contributed by atoms with E-state index in [0.717, 1.165) is 36.3 Å². The van der Waals surface area contributed by atoms with Gasteiger partial charge in [-0.1, -0.05) is 49.5 Å². The highest BCUT2D eigenvalue weighted by atomic mass is 32.2. The summed E-state index contributed by atoms with van der Waals surface area (Å²) >= 11 is 6.20. The number of unbranched alkanes of at least 4 members (excludes halogenated alkanes) is 1. The molecule has 10 nitrogen and oxygen atoms in total. The van der Waals surface area contributed by atoms with Gasteiger partial charge >= 0.3 is 17.9 Å². The molecular weight excluding hydrogens is 564 g/mol. The number of carboxylic acid groups (broad SMARTS) is 2. The zero-order valence-electron chi connectivity index (χ0n) is 22.6. The SMILES string of the molecule is CCCCc1ncc(CSc2ncccc2C(=O)O)n1Cc1ccc(C(=O)O)cc1.COC(=O)c1ccc[nH]c1=S. The fourth-order valence-electron chi connectivity index (χ4n) is 3.74. The van der Waals surface area contributed by atoms with Crippen molar-refractivity contribution in [2.45, 2.75) is 43.5 Å². The molecule has 0 bridgehead atoms. The van der Waals surface area contributed by atoms with Crippen molar-refractivity contribution in [2.24, 2.45) is 0 Å². The van der Waals surface area contributed by atoms with Gasteiger partial charge in [0.1, 0.15) is 15.5 Å². The standard InChI is InChI=1S/C22H23N3O4S.C7H7NO2S/c1-2-3-6-19-24-12-17(14-30-20-18(22(28)29)5-4-11-23-20)25(19)13-15-7-9-16(10-8-15)21(26)27;1-10-7(9)5-3-2-4-8-6(5)11/h4-5,7-12H,2-3,6,13-14H2,1H3,(H,26,27)(H,28,29);2-4H,1H3,(H,8,11). The van der Waals surface area contributed by atoms with Crippen LogP contribution in [0.1, 0.15) is 67.9 Å². The number of thioether (sulfide) groups is 1. The fraction of sp³-hybridized carbons (Fsp3) is 0.241. The molecule has 0 radical (unpaired) electrons. The Hall–Kier alpha value is -4.29. The lowest BCUT2D eigenvalue weighted by molar-refractivity contribution is 0.0598. The second kappa shape index (κ2) is 15.5. The van der Waals surface area contributed by atoms with Crippen LogP contribution in [0.5, 0.6) is 0 Å². The molecule has 12 heteroatoms. The van der Waals surface area contributed by atoms with Crippen LogP contribution < -0.4 is 0 Å². The Bertz CT molecular complexity index is 1550. The molecule has 3 aromatic heterocycles. The molecule has 0 saturated carbocycles. The number of nitrogens with zero attached hydrogens (tertiary/aromatic N) is 3. The lowest BCUT2D eigenvalue weighted by Crippen LogP contribution is -2.09. The van der Waals surface area contributed by atoms with Gasteiger partial charge in [-0.15, -0.1) is 0 Å². The number of pyridine rings is 2. The average Bonchev–Trinajstić information content (AvgIpc) is 3.36. The first-order chi connectivity index (χ1) is 19.7. The molecule has 214 valence electrons. The molecule has 0 amide bonds. The molecule has 0 aliphatic rings. The lowest BCUT2D eigenvalue weighted by Gasteiger charge is -2.13. The van der Waals surface area contributed by atoms with Crippen molar-refractivity contribution < 1.29 is 29.3 Å². The molecule has 41 heavy (non-hydrogen) atoms. The average molecular weight is 595 g/mol. The number of H-pyrrole nitrogens is 1. The molecule has 0 fully saturated rings. The van der Waals surface area contributed by atoms with Crippen LogP contribution in [0.2, 0.25) is 0 Å². The summed E-state index contributed by atoms with van der Waals surface area (Å²) in [5, 5.41) is 18.9. The third kappa shape index (κ3) is 8.85. The second-order valence-electron chi connectivity index (χ2n) is 8.71. The van der Waals surface area contributed by atoms with Crippen molar-refractivity contribution in [2.75, 3.05) is 7.11 Å². The van der Waals surface area contributed by atoms with Crippen molar-refractivity contribution in [3.63, 3.8) is 0 Å². The minimum absolute atomic E-state index is 0.184. The molecule has 3 heterocycles. The predicted molar refractivity (Wildman–Crippen MR) is 157 cm³/mol. The second-order valence-corrected chi connectivity index (χ2v) is 10.1. The van der Waals surface area contributed by atoms with Crippen LogP contribution in [-0.2, 0) is 23.5 Å². The summed E-state index contributed by atoms with van der Waals surface area (Å²) in [6.45, 7) is 2.70. The van der Waals surface area contributed by atoms with Gasteiger partial charge in [-0.2, -0.15) is 0 Å². The summed E-state index contributed by atoms with van der Waals surface area (Å²) in [7, 11) is 1.32. The number of esters is 1. The summed E-state index contributed by atoms with van der Waals surface area (Å²) in [5.74, 6) is -0.860. The number of aromatic nitrogens is 4. The number of methoxy groups -OCH3 is 1. The van der Waals surface area contributed by atoms with E-state index in [1.165, 1.54) is 18.9 Å². The molecule has 0 unspecified atom stereocenters. The van der Waals surface area contributed by atoms with Gasteiger partial charge < -0.3 is 24.5 Å². The van der Waals surface area contributed by atoms with E-state index in [2.05, 4.69) is 31.2 Å². The van der Waals surface area contributed by atoms with Crippen LogP contribution in [0.3, 0.4) is 0 Å². The third-order valence-corrected chi connectivity index (χ3v) is 7.27. The van der Waals surface area contributed by atoms with E-state index in [4.69, 9.17) is 17.3 Å². The molecule has 4 rings (SSSR count). The highest BCUT2D eigenvalue weighted by molar-refractivity contribution is 7.98.